The number of aromatic nitrogens is 4. The Labute approximate surface area is 192 Å². The molecule has 1 aliphatic rings. The van der Waals surface area contributed by atoms with Crippen molar-refractivity contribution in [2.24, 2.45) is 5.73 Å². The van der Waals surface area contributed by atoms with E-state index in [4.69, 9.17) is 10.5 Å². The fraction of sp³-hybridized carbons (Fsp3) is 0.348. The van der Waals surface area contributed by atoms with E-state index in [0.717, 1.165) is 30.8 Å². The standard InChI is InChI=1S/C23H28N8O2/c1-13(2)31-9-7-15-11-18(33-4)17(10-16(15)12-31)26-23-28-22(19(20(24)32)29-30-23)27-21-14(3)6-5-8-25-21/h5-6,8,10-11,13H,7,9,12H2,1-4H3,(H2,24,32)(H2,25,26,27,28,30). The molecule has 2 aromatic heterocycles. The lowest BCUT2D eigenvalue weighted by atomic mass is 9.97. The third-order valence-corrected chi connectivity index (χ3v) is 5.71. The summed E-state index contributed by atoms with van der Waals surface area (Å²) in [7, 11) is 1.63. The summed E-state index contributed by atoms with van der Waals surface area (Å²) < 4.78 is 5.61. The number of nitrogens with one attached hydrogen (secondary N) is 2. The highest BCUT2D eigenvalue weighted by Gasteiger charge is 2.22. The molecule has 3 aromatic rings. The molecule has 0 saturated heterocycles. The van der Waals surface area contributed by atoms with Gasteiger partial charge in [-0.2, -0.15) is 4.98 Å². The van der Waals surface area contributed by atoms with Crippen molar-refractivity contribution in [2.75, 3.05) is 24.3 Å². The summed E-state index contributed by atoms with van der Waals surface area (Å²) in [4.78, 5) is 23.1. The van der Waals surface area contributed by atoms with E-state index in [-0.39, 0.29) is 17.5 Å². The monoisotopic (exact) mass is 448 g/mol. The highest BCUT2D eigenvalue weighted by atomic mass is 16.5. The number of amides is 1. The number of aryl methyl sites for hydroxylation is 1. The van der Waals surface area contributed by atoms with Gasteiger partial charge in [-0.3, -0.25) is 9.69 Å². The number of hydrogen-bond donors (Lipinski definition) is 3. The molecule has 0 atom stereocenters. The first-order valence-corrected chi connectivity index (χ1v) is 10.8. The Bertz CT molecular complexity index is 1180. The molecule has 10 nitrogen and oxygen atoms in total. The zero-order valence-electron chi connectivity index (χ0n) is 19.2. The summed E-state index contributed by atoms with van der Waals surface area (Å²) in [5.41, 5.74) is 9.50. The maximum Gasteiger partial charge on any atom is 0.273 e. The number of anilines is 4. The number of hydrogen-bond acceptors (Lipinski definition) is 9. The van der Waals surface area contributed by atoms with Crippen LogP contribution in [0.3, 0.4) is 0 Å². The normalized spacial score (nSPS) is 13.5. The molecule has 3 heterocycles. The maximum absolute atomic E-state index is 11.9. The van der Waals surface area contributed by atoms with Gasteiger partial charge in [-0.25, -0.2) is 4.98 Å². The molecule has 172 valence electrons. The number of methoxy groups -OCH3 is 1. The predicted molar refractivity (Wildman–Crippen MR) is 126 cm³/mol. The minimum absolute atomic E-state index is 0.0735. The fourth-order valence-electron chi connectivity index (χ4n) is 3.80. The van der Waals surface area contributed by atoms with Crippen LogP contribution >= 0.6 is 0 Å². The largest absolute Gasteiger partial charge is 0.495 e. The first-order chi connectivity index (χ1) is 15.9. The molecule has 0 bridgehead atoms. The van der Waals surface area contributed by atoms with Gasteiger partial charge in [0, 0.05) is 25.3 Å². The number of carbonyl (C=O) groups is 1. The van der Waals surface area contributed by atoms with Crippen molar-refractivity contribution in [2.45, 2.75) is 39.8 Å². The Kier molecular flexibility index (Phi) is 6.36. The molecular weight excluding hydrogens is 420 g/mol. The van der Waals surface area contributed by atoms with Gasteiger partial charge in [0.2, 0.25) is 5.95 Å². The Morgan fingerprint density at radius 2 is 2.00 bits per heavy atom. The number of rotatable bonds is 7. The highest BCUT2D eigenvalue weighted by molar-refractivity contribution is 5.96. The van der Waals surface area contributed by atoms with Crippen LogP contribution < -0.4 is 21.1 Å². The van der Waals surface area contributed by atoms with Gasteiger partial charge in [0.15, 0.2) is 11.5 Å². The van der Waals surface area contributed by atoms with Crippen LogP contribution in [0, 0.1) is 6.92 Å². The number of benzene rings is 1. The van der Waals surface area contributed by atoms with Crippen molar-refractivity contribution in [3.8, 4) is 5.75 Å². The van der Waals surface area contributed by atoms with E-state index in [0.29, 0.717) is 17.6 Å². The summed E-state index contributed by atoms with van der Waals surface area (Å²) in [5, 5.41) is 14.3. The molecule has 10 heteroatoms. The number of nitrogens with two attached hydrogens (primary N) is 1. The molecule has 0 aliphatic carbocycles. The van der Waals surface area contributed by atoms with E-state index >= 15 is 0 Å². The molecular formula is C23H28N8O2. The van der Waals surface area contributed by atoms with Crippen LogP contribution in [0.5, 0.6) is 5.75 Å². The molecule has 0 fully saturated rings. The number of fused-ring (bicyclic) bond motifs is 1. The molecule has 1 amide bonds. The van der Waals surface area contributed by atoms with E-state index in [1.165, 1.54) is 11.1 Å². The number of pyridine rings is 1. The van der Waals surface area contributed by atoms with Gasteiger partial charge in [-0.05, 0) is 62.1 Å². The van der Waals surface area contributed by atoms with Crippen molar-refractivity contribution < 1.29 is 9.53 Å². The van der Waals surface area contributed by atoms with E-state index < -0.39 is 5.91 Å². The highest BCUT2D eigenvalue weighted by Crippen LogP contribution is 2.33. The first-order valence-electron chi connectivity index (χ1n) is 10.8. The number of nitrogens with zero attached hydrogens (tertiary/aromatic N) is 5. The number of ether oxygens (including phenoxy) is 1. The van der Waals surface area contributed by atoms with Crippen molar-refractivity contribution in [1.29, 1.82) is 0 Å². The quantitative estimate of drug-likeness (QED) is 0.499. The van der Waals surface area contributed by atoms with Gasteiger partial charge < -0.3 is 21.1 Å². The van der Waals surface area contributed by atoms with Crippen LogP contribution in [-0.4, -0.2) is 50.7 Å². The van der Waals surface area contributed by atoms with Crippen LogP contribution in [0.4, 0.5) is 23.3 Å². The summed E-state index contributed by atoms with van der Waals surface area (Å²) in [6, 6.07) is 8.30. The molecule has 0 radical (unpaired) electrons. The SMILES string of the molecule is COc1cc2c(cc1Nc1nnc(C(N)=O)c(Nc3ncccc3C)n1)CN(C(C)C)CC2. The topological polar surface area (TPSA) is 131 Å². The van der Waals surface area contributed by atoms with Gasteiger partial charge in [-0.1, -0.05) is 6.07 Å². The molecule has 4 rings (SSSR count). The lowest BCUT2D eigenvalue weighted by Gasteiger charge is -2.32. The summed E-state index contributed by atoms with van der Waals surface area (Å²) >= 11 is 0. The second-order valence-electron chi connectivity index (χ2n) is 8.25. The lowest BCUT2D eigenvalue weighted by Crippen LogP contribution is -2.35. The number of primary amides is 1. The number of carbonyl (C=O) groups excluding carboxylic acids is 1. The Morgan fingerprint density at radius 1 is 1.18 bits per heavy atom. The second-order valence-corrected chi connectivity index (χ2v) is 8.25. The van der Waals surface area contributed by atoms with Crippen LogP contribution in [0.25, 0.3) is 0 Å². The summed E-state index contributed by atoms with van der Waals surface area (Å²) in [6.07, 6.45) is 2.61. The van der Waals surface area contributed by atoms with E-state index in [1.807, 2.05) is 19.1 Å². The van der Waals surface area contributed by atoms with Gasteiger partial charge in [0.05, 0.1) is 12.8 Å². The molecule has 1 aromatic carbocycles. The minimum atomic E-state index is -0.738. The Morgan fingerprint density at radius 3 is 2.70 bits per heavy atom. The van der Waals surface area contributed by atoms with E-state index in [1.54, 1.807) is 13.3 Å². The zero-order valence-corrected chi connectivity index (χ0v) is 19.2. The molecule has 0 spiro atoms. The van der Waals surface area contributed by atoms with Gasteiger partial charge in [-0.15, -0.1) is 10.2 Å². The summed E-state index contributed by atoms with van der Waals surface area (Å²) in [5.74, 6) is 0.865. The van der Waals surface area contributed by atoms with Crippen LogP contribution in [0.15, 0.2) is 30.5 Å². The summed E-state index contributed by atoms with van der Waals surface area (Å²) in [6.45, 7) is 8.17. The van der Waals surface area contributed by atoms with Crippen LogP contribution in [-0.2, 0) is 13.0 Å². The van der Waals surface area contributed by atoms with E-state index in [9.17, 15) is 4.79 Å². The van der Waals surface area contributed by atoms with Crippen LogP contribution in [0.2, 0.25) is 0 Å². The molecule has 0 unspecified atom stereocenters. The van der Waals surface area contributed by atoms with Crippen molar-refractivity contribution in [3.63, 3.8) is 0 Å². The van der Waals surface area contributed by atoms with Crippen LogP contribution in [0.1, 0.15) is 41.0 Å². The van der Waals surface area contributed by atoms with Gasteiger partial charge >= 0.3 is 0 Å². The van der Waals surface area contributed by atoms with Gasteiger partial charge in [0.25, 0.3) is 5.91 Å². The third kappa shape index (κ3) is 4.85. The first kappa shape index (κ1) is 22.4. The van der Waals surface area contributed by atoms with Crippen molar-refractivity contribution >= 4 is 29.2 Å². The average molecular weight is 449 g/mol. The smallest absolute Gasteiger partial charge is 0.273 e. The van der Waals surface area contributed by atoms with Gasteiger partial charge in [0.1, 0.15) is 11.6 Å². The Balaban J connectivity index is 1.67. The molecule has 0 saturated carbocycles. The van der Waals surface area contributed by atoms with E-state index in [2.05, 4.69) is 61.7 Å². The predicted octanol–water partition coefficient (Wildman–Crippen LogP) is 2.94. The van der Waals surface area contributed by atoms with Crippen molar-refractivity contribution in [1.82, 2.24) is 25.1 Å². The maximum atomic E-state index is 11.9. The zero-order chi connectivity index (χ0) is 23.5. The second kappa shape index (κ2) is 9.37. The molecule has 1 aliphatic heterocycles. The minimum Gasteiger partial charge on any atom is -0.495 e. The third-order valence-electron chi connectivity index (χ3n) is 5.71. The Hall–Kier alpha value is -3.79. The van der Waals surface area contributed by atoms with Crippen molar-refractivity contribution in [3.05, 3.63) is 52.8 Å². The fourth-order valence-corrected chi connectivity index (χ4v) is 3.80. The lowest BCUT2D eigenvalue weighted by molar-refractivity contribution is 0.0995. The average Bonchev–Trinajstić information content (AvgIpc) is 2.79. The molecule has 33 heavy (non-hydrogen) atoms. The molecule has 4 N–H and O–H groups in total.